The van der Waals surface area contributed by atoms with Crippen LogP contribution >= 0.6 is 0 Å². The molecule has 0 radical (unpaired) electrons. The van der Waals surface area contributed by atoms with Gasteiger partial charge in [-0.1, -0.05) is 6.07 Å². The molecule has 2 heterocycles. The molecule has 5 nitrogen and oxygen atoms in total. The lowest BCUT2D eigenvalue weighted by atomic mass is 10.2. The zero-order valence-corrected chi connectivity index (χ0v) is 11.2. The second-order valence-corrected chi connectivity index (χ2v) is 4.35. The van der Waals surface area contributed by atoms with Crippen molar-refractivity contribution in [3.63, 3.8) is 0 Å². The van der Waals surface area contributed by atoms with Gasteiger partial charge in [-0.25, -0.2) is 4.98 Å². The van der Waals surface area contributed by atoms with Gasteiger partial charge in [-0.15, -0.1) is 0 Å². The van der Waals surface area contributed by atoms with Crippen LogP contribution in [0.15, 0.2) is 12.1 Å². The van der Waals surface area contributed by atoms with Crippen molar-refractivity contribution in [3.8, 4) is 11.6 Å². The van der Waals surface area contributed by atoms with Gasteiger partial charge in [-0.3, -0.25) is 4.68 Å². The van der Waals surface area contributed by atoms with E-state index in [9.17, 15) is 0 Å². The monoisotopic (exact) mass is 246 g/mol. The van der Waals surface area contributed by atoms with Gasteiger partial charge in [0, 0.05) is 24.8 Å². The van der Waals surface area contributed by atoms with Crippen LogP contribution in [0.3, 0.4) is 0 Å². The quantitative estimate of drug-likeness (QED) is 0.899. The number of aromatic nitrogens is 3. The van der Waals surface area contributed by atoms with Crippen LogP contribution in [0.25, 0.3) is 0 Å². The second-order valence-electron chi connectivity index (χ2n) is 4.35. The second kappa shape index (κ2) is 4.78. The van der Waals surface area contributed by atoms with Gasteiger partial charge in [0.15, 0.2) is 5.75 Å². The summed E-state index contributed by atoms with van der Waals surface area (Å²) in [4.78, 5) is 4.39. The third-order valence-electron chi connectivity index (χ3n) is 2.94. The first-order chi connectivity index (χ1) is 8.52. The van der Waals surface area contributed by atoms with Crippen LogP contribution in [0, 0.1) is 20.8 Å². The minimum absolute atomic E-state index is 0.404. The molecule has 2 rings (SSSR count). The van der Waals surface area contributed by atoms with Gasteiger partial charge in [-0.05, 0) is 26.8 Å². The molecule has 0 fully saturated rings. The average Bonchev–Trinajstić information content (AvgIpc) is 2.56. The fourth-order valence-electron chi connectivity index (χ4n) is 1.80. The number of aryl methyl sites for hydroxylation is 3. The molecular weight excluding hydrogens is 228 g/mol. The van der Waals surface area contributed by atoms with E-state index in [0.29, 0.717) is 12.4 Å². The van der Waals surface area contributed by atoms with Crippen LogP contribution in [0.2, 0.25) is 0 Å². The van der Waals surface area contributed by atoms with Gasteiger partial charge in [0.1, 0.15) is 5.69 Å². The normalized spacial score (nSPS) is 10.7. The van der Waals surface area contributed by atoms with Crippen molar-refractivity contribution in [1.29, 1.82) is 0 Å². The molecule has 18 heavy (non-hydrogen) atoms. The third-order valence-corrected chi connectivity index (χ3v) is 2.94. The zero-order valence-electron chi connectivity index (χ0n) is 11.2. The maximum absolute atomic E-state index is 5.89. The lowest BCUT2D eigenvalue weighted by Gasteiger charge is -2.09. The third kappa shape index (κ3) is 2.22. The predicted molar refractivity (Wildman–Crippen MR) is 69.6 cm³/mol. The Morgan fingerprint density at radius 2 is 2.00 bits per heavy atom. The predicted octanol–water partition coefficient (Wildman–Crippen LogP) is 1.99. The van der Waals surface area contributed by atoms with Crippen molar-refractivity contribution < 1.29 is 4.74 Å². The number of pyridine rings is 1. The lowest BCUT2D eigenvalue weighted by Crippen LogP contribution is -2.02. The summed E-state index contributed by atoms with van der Waals surface area (Å²) in [5, 5.41) is 4.32. The summed E-state index contributed by atoms with van der Waals surface area (Å²) in [6, 6.07) is 3.87. The smallest absolute Gasteiger partial charge is 0.224 e. The maximum Gasteiger partial charge on any atom is 0.224 e. The Hall–Kier alpha value is -1.88. The zero-order chi connectivity index (χ0) is 13.3. The summed E-state index contributed by atoms with van der Waals surface area (Å²) < 4.78 is 7.68. The van der Waals surface area contributed by atoms with Crippen molar-refractivity contribution in [2.75, 3.05) is 0 Å². The Kier molecular flexibility index (Phi) is 3.34. The number of ether oxygens (including phenoxy) is 1. The number of nitrogens with zero attached hydrogens (tertiary/aromatic N) is 3. The van der Waals surface area contributed by atoms with Crippen molar-refractivity contribution in [3.05, 3.63) is 34.8 Å². The van der Waals surface area contributed by atoms with Gasteiger partial charge in [0.2, 0.25) is 5.88 Å². The molecule has 2 N–H and O–H groups in total. The van der Waals surface area contributed by atoms with E-state index >= 15 is 0 Å². The van der Waals surface area contributed by atoms with Crippen LogP contribution in [-0.4, -0.2) is 14.8 Å². The minimum atomic E-state index is 0.404. The molecule has 0 spiro atoms. The summed E-state index contributed by atoms with van der Waals surface area (Å²) >= 11 is 0. The summed E-state index contributed by atoms with van der Waals surface area (Å²) in [7, 11) is 1.89. The van der Waals surface area contributed by atoms with Crippen molar-refractivity contribution >= 4 is 0 Å². The molecule has 0 unspecified atom stereocenters. The van der Waals surface area contributed by atoms with Gasteiger partial charge in [0.05, 0.1) is 5.69 Å². The first-order valence-electron chi connectivity index (χ1n) is 5.87. The summed E-state index contributed by atoms with van der Waals surface area (Å²) in [5.41, 5.74) is 9.31. The van der Waals surface area contributed by atoms with Crippen molar-refractivity contribution in [1.82, 2.24) is 14.8 Å². The highest BCUT2D eigenvalue weighted by Gasteiger charge is 2.14. The number of hydrogen-bond donors (Lipinski definition) is 1. The SMILES string of the molecule is Cc1ccc(CN)c(Oc2c(C)nn(C)c2C)n1. The van der Waals surface area contributed by atoms with E-state index < -0.39 is 0 Å². The molecular formula is C13H18N4O. The molecule has 0 saturated heterocycles. The van der Waals surface area contributed by atoms with E-state index in [1.165, 1.54) is 0 Å². The Morgan fingerprint density at radius 3 is 2.56 bits per heavy atom. The van der Waals surface area contributed by atoms with Gasteiger partial charge < -0.3 is 10.5 Å². The Morgan fingerprint density at radius 1 is 1.28 bits per heavy atom. The highest BCUT2D eigenvalue weighted by molar-refractivity contribution is 5.38. The largest absolute Gasteiger partial charge is 0.435 e. The molecule has 5 heteroatoms. The summed E-state index contributed by atoms with van der Waals surface area (Å²) in [5.74, 6) is 1.32. The summed E-state index contributed by atoms with van der Waals surface area (Å²) in [6.45, 7) is 6.21. The van der Waals surface area contributed by atoms with E-state index in [0.717, 1.165) is 28.4 Å². The molecule has 0 bridgehead atoms. The molecule has 2 aromatic heterocycles. The fraction of sp³-hybridized carbons (Fsp3) is 0.385. The van der Waals surface area contributed by atoms with E-state index in [2.05, 4.69) is 10.1 Å². The Bertz CT molecular complexity index is 575. The van der Waals surface area contributed by atoms with E-state index in [-0.39, 0.29) is 0 Å². The van der Waals surface area contributed by atoms with Crippen LogP contribution in [-0.2, 0) is 13.6 Å². The molecule has 0 aliphatic rings. The van der Waals surface area contributed by atoms with Crippen molar-refractivity contribution in [2.24, 2.45) is 12.8 Å². The summed E-state index contributed by atoms with van der Waals surface area (Å²) in [6.07, 6.45) is 0. The first-order valence-corrected chi connectivity index (χ1v) is 5.87. The molecule has 0 aliphatic heterocycles. The van der Waals surface area contributed by atoms with Crippen LogP contribution < -0.4 is 10.5 Å². The molecule has 0 atom stereocenters. The highest BCUT2D eigenvalue weighted by atomic mass is 16.5. The average molecular weight is 246 g/mol. The van der Waals surface area contributed by atoms with Crippen LogP contribution in [0.1, 0.15) is 22.6 Å². The Labute approximate surface area is 107 Å². The molecule has 0 saturated carbocycles. The maximum atomic E-state index is 5.89. The lowest BCUT2D eigenvalue weighted by molar-refractivity contribution is 0.447. The van der Waals surface area contributed by atoms with Crippen molar-refractivity contribution in [2.45, 2.75) is 27.3 Å². The molecule has 0 aliphatic carbocycles. The number of nitrogens with two attached hydrogens (primary N) is 1. The van der Waals surface area contributed by atoms with E-state index in [4.69, 9.17) is 10.5 Å². The van der Waals surface area contributed by atoms with Crippen LogP contribution in [0.4, 0.5) is 0 Å². The minimum Gasteiger partial charge on any atom is -0.435 e. The van der Waals surface area contributed by atoms with Gasteiger partial charge >= 0.3 is 0 Å². The molecule has 2 aromatic rings. The standard InChI is InChI=1S/C13H18N4O/c1-8-5-6-11(7-14)13(15-8)18-12-9(2)16-17(4)10(12)3/h5-6H,7,14H2,1-4H3. The number of rotatable bonds is 3. The fourth-order valence-corrected chi connectivity index (χ4v) is 1.80. The van der Waals surface area contributed by atoms with Gasteiger partial charge in [-0.2, -0.15) is 5.10 Å². The van der Waals surface area contributed by atoms with Crippen LogP contribution in [0.5, 0.6) is 11.6 Å². The number of hydrogen-bond acceptors (Lipinski definition) is 4. The molecule has 0 aromatic carbocycles. The van der Waals surface area contributed by atoms with Gasteiger partial charge in [0.25, 0.3) is 0 Å². The molecule has 96 valence electrons. The molecule has 0 amide bonds. The highest BCUT2D eigenvalue weighted by Crippen LogP contribution is 2.28. The Balaban J connectivity index is 2.42. The first kappa shape index (κ1) is 12.6. The van der Waals surface area contributed by atoms with E-state index in [1.54, 1.807) is 4.68 Å². The topological polar surface area (TPSA) is 66.0 Å². The van der Waals surface area contributed by atoms with E-state index in [1.807, 2.05) is 40.0 Å².